The zero-order chi connectivity index (χ0) is 23.6. The van der Waals surface area contributed by atoms with E-state index in [0.29, 0.717) is 33.9 Å². The summed E-state index contributed by atoms with van der Waals surface area (Å²) in [7, 11) is -2.55. The van der Waals surface area contributed by atoms with E-state index in [1.165, 1.54) is 13.2 Å². The lowest BCUT2D eigenvalue weighted by Gasteiger charge is -2.08. The summed E-state index contributed by atoms with van der Waals surface area (Å²) >= 11 is 6.12. The molecule has 0 spiro atoms. The first-order chi connectivity index (χ1) is 15.7. The van der Waals surface area contributed by atoms with Gasteiger partial charge in [-0.2, -0.15) is 5.10 Å². The van der Waals surface area contributed by atoms with Gasteiger partial charge in [0, 0.05) is 34.6 Å². The first-order valence-electron chi connectivity index (χ1n) is 9.79. The molecule has 4 aromatic rings. The summed E-state index contributed by atoms with van der Waals surface area (Å²) in [4.78, 5) is 16.6. The number of methoxy groups -OCH3 is 1. The average Bonchev–Trinajstić information content (AvgIpc) is 3.16. The maximum Gasteiger partial charge on any atom is 0.238 e. The fourth-order valence-electron chi connectivity index (χ4n) is 3.36. The van der Waals surface area contributed by atoms with E-state index >= 15 is 0 Å². The standard InChI is InChI=1S/C22H20ClN5O4S/c1-32-22-7-6-14(11-25-22)12-28-13-17-19(27-28)9-16(10-20(17)33(24,30)31)26-21(29)8-15-4-2-3-5-18(15)23/h2-7,9-11,13H,8,12H2,1H3,(H,26,29)(H2,24,30,31). The third kappa shape index (κ3) is 5.30. The number of fused-ring (bicyclic) bond motifs is 1. The van der Waals surface area contributed by atoms with Crippen LogP contribution >= 0.6 is 11.6 Å². The molecule has 0 unspecified atom stereocenters. The molecule has 0 bridgehead atoms. The van der Waals surface area contributed by atoms with Crippen molar-refractivity contribution in [2.75, 3.05) is 12.4 Å². The monoisotopic (exact) mass is 485 g/mol. The number of nitrogens with zero attached hydrogens (tertiary/aromatic N) is 3. The van der Waals surface area contributed by atoms with Gasteiger partial charge in [0.25, 0.3) is 0 Å². The lowest BCUT2D eigenvalue weighted by Crippen LogP contribution is -2.16. The van der Waals surface area contributed by atoms with Crippen LogP contribution in [-0.4, -0.2) is 36.2 Å². The molecule has 170 valence electrons. The number of hydrogen-bond donors (Lipinski definition) is 2. The molecule has 0 atom stereocenters. The number of carbonyl (C=O) groups is 1. The molecule has 2 aromatic heterocycles. The van der Waals surface area contributed by atoms with E-state index in [1.807, 2.05) is 6.07 Å². The van der Waals surface area contributed by atoms with Gasteiger partial charge in [0.15, 0.2) is 0 Å². The fraction of sp³-hybridized carbons (Fsp3) is 0.136. The molecule has 4 rings (SSSR count). The van der Waals surface area contributed by atoms with Crippen molar-refractivity contribution < 1.29 is 17.9 Å². The van der Waals surface area contributed by atoms with Gasteiger partial charge in [0.05, 0.1) is 30.5 Å². The van der Waals surface area contributed by atoms with Gasteiger partial charge < -0.3 is 10.1 Å². The minimum atomic E-state index is -4.08. The number of hydrogen-bond acceptors (Lipinski definition) is 6. The number of carbonyl (C=O) groups excluding carboxylic acids is 1. The summed E-state index contributed by atoms with van der Waals surface area (Å²) in [6, 6.07) is 13.5. The highest BCUT2D eigenvalue weighted by atomic mass is 35.5. The second kappa shape index (κ2) is 9.18. The number of sulfonamides is 1. The van der Waals surface area contributed by atoms with E-state index in [1.54, 1.807) is 53.5 Å². The molecule has 0 saturated carbocycles. The van der Waals surface area contributed by atoms with Gasteiger partial charge in [-0.25, -0.2) is 18.5 Å². The molecule has 0 fully saturated rings. The largest absolute Gasteiger partial charge is 0.481 e. The number of nitrogens with two attached hydrogens (primary N) is 1. The van der Waals surface area contributed by atoms with Gasteiger partial charge >= 0.3 is 0 Å². The highest BCUT2D eigenvalue weighted by Gasteiger charge is 2.18. The SMILES string of the molecule is COc1ccc(Cn2cc3c(S(N)(=O)=O)cc(NC(=O)Cc4ccccc4Cl)cc3n2)cn1. The Morgan fingerprint density at radius 3 is 2.67 bits per heavy atom. The fourth-order valence-corrected chi connectivity index (χ4v) is 4.32. The van der Waals surface area contributed by atoms with Gasteiger partial charge in [0.1, 0.15) is 0 Å². The zero-order valence-corrected chi connectivity index (χ0v) is 19.1. The molecule has 33 heavy (non-hydrogen) atoms. The molecule has 9 nitrogen and oxygen atoms in total. The quantitative estimate of drug-likeness (QED) is 0.414. The van der Waals surface area contributed by atoms with Crippen LogP contribution in [0.25, 0.3) is 10.9 Å². The Hall–Kier alpha value is -3.47. The van der Waals surface area contributed by atoms with E-state index in [-0.39, 0.29) is 22.9 Å². The summed E-state index contributed by atoms with van der Waals surface area (Å²) in [5, 5.41) is 13.4. The number of anilines is 1. The normalized spacial score (nSPS) is 11.5. The molecule has 0 aliphatic carbocycles. The lowest BCUT2D eigenvalue weighted by atomic mass is 10.1. The Morgan fingerprint density at radius 2 is 2.00 bits per heavy atom. The van der Waals surface area contributed by atoms with Crippen molar-refractivity contribution in [3.05, 3.63) is 77.1 Å². The van der Waals surface area contributed by atoms with Crippen LogP contribution in [0.5, 0.6) is 5.88 Å². The van der Waals surface area contributed by atoms with Crippen molar-refractivity contribution in [1.29, 1.82) is 0 Å². The zero-order valence-electron chi connectivity index (χ0n) is 17.5. The highest BCUT2D eigenvalue weighted by molar-refractivity contribution is 7.89. The van der Waals surface area contributed by atoms with Crippen LogP contribution in [0.3, 0.4) is 0 Å². The van der Waals surface area contributed by atoms with Gasteiger partial charge in [-0.15, -0.1) is 0 Å². The van der Waals surface area contributed by atoms with E-state index in [4.69, 9.17) is 21.5 Å². The van der Waals surface area contributed by atoms with Gasteiger partial charge in [0.2, 0.25) is 21.8 Å². The molecular weight excluding hydrogens is 466 g/mol. The number of ether oxygens (including phenoxy) is 1. The van der Waals surface area contributed by atoms with Crippen LogP contribution in [-0.2, 0) is 27.8 Å². The van der Waals surface area contributed by atoms with E-state index < -0.39 is 10.0 Å². The molecular formula is C22H20ClN5O4S. The number of rotatable bonds is 7. The number of nitrogens with one attached hydrogen (secondary N) is 1. The second-order valence-corrected chi connectivity index (χ2v) is 9.24. The second-order valence-electron chi connectivity index (χ2n) is 7.30. The molecule has 2 heterocycles. The van der Waals surface area contributed by atoms with E-state index in [2.05, 4.69) is 15.4 Å². The summed E-state index contributed by atoms with van der Waals surface area (Å²) in [5.74, 6) is 0.129. The topological polar surface area (TPSA) is 129 Å². The van der Waals surface area contributed by atoms with Crippen LogP contribution in [0.1, 0.15) is 11.1 Å². The summed E-state index contributed by atoms with van der Waals surface area (Å²) in [5.41, 5.74) is 2.13. The summed E-state index contributed by atoms with van der Waals surface area (Å²) < 4.78 is 31.1. The molecule has 0 radical (unpaired) electrons. The van der Waals surface area contributed by atoms with Crippen LogP contribution in [0.4, 0.5) is 5.69 Å². The Bertz CT molecular complexity index is 1440. The van der Waals surface area contributed by atoms with Crippen molar-refractivity contribution in [3.8, 4) is 5.88 Å². The van der Waals surface area contributed by atoms with Gasteiger partial charge in [-0.3, -0.25) is 9.48 Å². The Kier molecular flexibility index (Phi) is 6.32. The minimum Gasteiger partial charge on any atom is -0.481 e. The molecule has 1 amide bonds. The lowest BCUT2D eigenvalue weighted by molar-refractivity contribution is -0.115. The number of halogens is 1. The predicted octanol–water partition coefficient (Wildman–Crippen LogP) is 2.97. The Labute approximate surface area is 195 Å². The maximum atomic E-state index is 12.5. The first kappa shape index (κ1) is 22.7. The number of amides is 1. The van der Waals surface area contributed by atoms with Crippen molar-refractivity contribution >= 4 is 44.1 Å². The highest BCUT2D eigenvalue weighted by Crippen LogP contribution is 2.27. The first-order valence-corrected chi connectivity index (χ1v) is 11.7. The minimum absolute atomic E-state index is 0.0291. The molecule has 0 aliphatic rings. The van der Waals surface area contributed by atoms with Crippen molar-refractivity contribution in [2.45, 2.75) is 17.9 Å². The van der Waals surface area contributed by atoms with Gasteiger partial charge in [-0.1, -0.05) is 35.9 Å². The number of aromatic nitrogens is 3. The summed E-state index contributed by atoms with van der Waals surface area (Å²) in [6.45, 7) is 0.351. The van der Waals surface area contributed by atoms with Crippen molar-refractivity contribution in [2.24, 2.45) is 5.14 Å². The van der Waals surface area contributed by atoms with Crippen LogP contribution < -0.4 is 15.2 Å². The van der Waals surface area contributed by atoms with E-state index in [9.17, 15) is 13.2 Å². The summed E-state index contributed by atoms with van der Waals surface area (Å²) in [6.07, 6.45) is 3.27. The van der Waals surface area contributed by atoms with E-state index in [0.717, 1.165) is 5.56 Å². The average molecular weight is 486 g/mol. The number of pyridine rings is 1. The van der Waals surface area contributed by atoms with Crippen LogP contribution in [0.2, 0.25) is 5.02 Å². The molecule has 0 aliphatic heterocycles. The van der Waals surface area contributed by atoms with Crippen LogP contribution in [0.15, 0.2) is 65.8 Å². The maximum absolute atomic E-state index is 12.5. The molecule has 2 aromatic carbocycles. The Morgan fingerprint density at radius 1 is 1.21 bits per heavy atom. The smallest absolute Gasteiger partial charge is 0.238 e. The third-order valence-corrected chi connectivity index (χ3v) is 6.20. The van der Waals surface area contributed by atoms with Crippen LogP contribution in [0, 0.1) is 0 Å². The van der Waals surface area contributed by atoms with Crippen molar-refractivity contribution in [3.63, 3.8) is 0 Å². The predicted molar refractivity (Wildman–Crippen MR) is 125 cm³/mol. The third-order valence-electron chi connectivity index (χ3n) is 4.88. The number of primary sulfonamides is 1. The van der Waals surface area contributed by atoms with Crippen molar-refractivity contribution in [1.82, 2.24) is 14.8 Å². The molecule has 0 saturated heterocycles. The Balaban J connectivity index is 1.64. The molecule has 3 N–H and O–H groups in total. The van der Waals surface area contributed by atoms with Gasteiger partial charge in [-0.05, 0) is 29.3 Å². The molecule has 11 heteroatoms. The number of benzene rings is 2.